The number of hydrogen-bond acceptors (Lipinski definition) is 5. The molecule has 0 fully saturated rings. The van der Waals surface area contributed by atoms with E-state index in [2.05, 4.69) is 10.6 Å². The minimum absolute atomic E-state index is 0.164. The first kappa shape index (κ1) is 14.7. The number of hydrogen-bond donors (Lipinski definition) is 3. The summed E-state index contributed by atoms with van der Waals surface area (Å²) in [5.74, 6) is -1.07. The van der Waals surface area contributed by atoms with Gasteiger partial charge in [-0.05, 0) is 19.2 Å². The summed E-state index contributed by atoms with van der Waals surface area (Å²) >= 11 is 0. The molecule has 0 aliphatic heterocycles. The SMILES string of the molecule is CN(CC(=O)O)CC(=O)NC(=O)NCc1ccco1. The van der Waals surface area contributed by atoms with Crippen molar-refractivity contribution in [3.05, 3.63) is 24.2 Å². The van der Waals surface area contributed by atoms with Gasteiger partial charge in [-0.3, -0.25) is 19.8 Å². The van der Waals surface area contributed by atoms with Crippen molar-refractivity contribution in [3.63, 3.8) is 0 Å². The molecule has 0 spiro atoms. The third-order valence-electron chi connectivity index (χ3n) is 2.07. The number of carbonyl (C=O) groups excluding carboxylic acids is 2. The Hall–Kier alpha value is -2.35. The lowest BCUT2D eigenvalue weighted by molar-refractivity contribution is -0.138. The van der Waals surface area contributed by atoms with E-state index in [1.54, 1.807) is 12.1 Å². The van der Waals surface area contributed by atoms with Gasteiger partial charge in [-0.2, -0.15) is 0 Å². The molecule has 8 heteroatoms. The van der Waals surface area contributed by atoms with Crippen LogP contribution < -0.4 is 10.6 Å². The number of urea groups is 1. The summed E-state index contributed by atoms with van der Waals surface area (Å²) in [6, 6.07) is 2.70. The van der Waals surface area contributed by atoms with E-state index in [0.29, 0.717) is 5.76 Å². The second kappa shape index (κ2) is 7.17. The molecule has 8 nitrogen and oxygen atoms in total. The Bertz CT molecular complexity index is 443. The Morgan fingerprint density at radius 3 is 2.68 bits per heavy atom. The Kier molecular flexibility index (Phi) is 5.55. The van der Waals surface area contributed by atoms with Gasteiger partial charge in [0.1, 0.15) is 5.76 Å². The Morgan fingerprint density at radius 2 is 2.11 bits per heavy atom. The van der Waals surface area contributed by atoms with Crippen molar-refractivity contribution in [1.29, 1.82) is 0 Å². The molecule has 0 unspecified atom stereocenters. The number of likely N-dealkylation sites (N-methyl/N-ethyl adjacent to an activating group) is 1. The van der Waals surface area contributed by atoms with E-state index in [4.69, 9.17) is 9.52 Å². The van der Waals surface area contributed by atoms with Crippen LogP contribution in [0.3, 0.4) is 0 Å². The normalized spacial score (nSPS) is 10.2. The van der Waals surface area contributed by atoms with Crippen molar-refractivity contribution in [1.82, 2.24) is 15.5 Å². The molecule has 1 rings (SSSR count). The molecule has 19 heavy (non-hydrogen) atoms. The van der Waals surface area contributed by atoms with Gasteiger partial charge >= 0.3 is 12.0 Å². The molecule has 1 aromatic heterocycles. The fourth-order valence-electron chi connectivity index (χ4n) is 1.32. The zero-order valence-electron chi connectivity index (χ0n) is 10.4. The predicted octanol–water partition coefficient (Wildman–Crippen LogP) is -0.378. The van der Waals surface area contributed by atoms with Gasteiger partial charge in [0.05, 0.1) is 25.9 Å². The fraction of sp³-hybridized carbons (Fsp3) is 0.364. The van der Waals surface area contributed by atoms with Crippen molar-refractivity contribution >= 4 is 17.9 Å². The van der Waals surface area contributed by atoms with Gasteiger partial charge < -0.3 is 14.8 Å². The molecule has 1 aromatic rings. The van der Waals surface area contributed by atoms with E-state index in [-0.39, 0.29) is 19.6 Å². The third kappa shape index (κ3) is 6.22. The van der Waals surface area contributed by atoms with Crippen molar-refractivity contribution in [3.8, 4) is 0 Å². The Balaban J connectivity index is 2.24. The Morgan fingerprint density at radius 1 is 1.37 bits per heavy atom. The molecule has 0 saturated heterocycles. The number of nitrogens with zero attached hydrogens (tertiary/aromatic N) is 1. The van der Waals surface area contributed by atoms with Crippen LogP contribution in [0.15, 0.2) is 22.8 Å². The van der Waals surface area contributed by atoms with Crippen molar-refractivity contribution < 1.29 is 23.9 Å². The largest absolute Gasteiger partial charge is 0.480 e. The second-order valence-electron chi connectivity index (χ2n) is 3.88. The highest BCUT2D eigenvalue weighted by Crippen LogP contribution is 1.97. The van der Waals surface area contributed by atoms with Crippen LogP contribution in [0.2, 0.25) is 0 Å². The predicted molar refractivity (Wildman–Crippen MR) is 64.2 cm³/mol. The van der Waals surface area contributed by atoms with Gasteiger partial charge in [0.15, 0.2) is 0 Å². The van der Waals surface area contributed by atoms with E-state index >= 15 is 0 Å². The molecule has 3 N–H and O–H groups in total. The monoisotopic (exact) mass is 269 g/mol. The van der Waals surface area contributed by atoms with Crippen LogP contribution in [0, 0.1) is 0 Å². The zero-order chi connectivity index (χ0) is 14.3. The summed E-state index contributed by atoms with van der Waals surface area (Å²) in [4.78, 5) is 34.4. The van der Waals surface area contributed by atoms with Gasteiger partial charge in [0.2, 0.25) is 5.91 Å². The number of amides is 3. The lowest BCUT2D eigenvalue weighted by atomic mass is 10.4. The van der Waals surface area contributed by atoms with E-state index in [1.165, 1.54) is 18.2 Å². The Labute approximate surface area is 109 Å². The average molecular weight is 269 g/mol. The van der Waals surface area contributed by atoms with Crippen molar-refractivity contribution in [2.45, 2.75) is 6.54 Å². The number of carboxylic acid groups (broad SMARTS) is 1. The maximum absolute atomic E-state index is 11.4. The fourth-order valence-corrected chi connectivity index (χ4v) is 1.32. The molecule has 104 valence electrons. The first-order valence-electron chi connectivity index (χ1n) is 5.48. The topological polar surface area (TPSA) is 112 Å². The first-order chi connectivity index (χ1) is 8.97. The molecule has 0 radical (unpaired) electrons. The van der Waals surface area contributed by atoms with Crippen LogP contribution in [-0.2, 0) is 16.1 Å². The number of aliphatic carboxylic acids is 1. The van der Waals surface area contributed by atoms with E-state index in [9.17, 15) is 14.4 Å². The van der Waals surface area contributed by atoms with E-state index < -0.39 is 17.9 Å². The van der Waals surface area contributed by atoms with Crippen LogP contribution in [0.25, 0.3) is 0 Å². The number of nitrogens with one attached hydrogen (secondary N) is 2. The number of carbonyl (C=O) groups is 3. The molecule has 0 aromatic carbocycles. The van der Waals surface area contributed by atoms with E-state index in [0.717, 1.165) is 0 Å². The van der Waals surface area contributed by atoms with Gasteiger partial charge in [-0.25, -0.2) is 4.79 Å². The first-order valence-corrected chi connectivity index (χ1v) is 5.48. The summed E-state index contributed by atoms with van der Waals surface area (Å²) in [6.07, 6.45) is 1.47. The van der Waals surface area contributed by atoms with Gasteiger partial charge in [-0.1, -0.05) is 0 Å². The molecule has 0 aliphatic rings. The molecule has 3 amide bonds. The molecule has 0 atom stereocenters. The number of rotatable bonds is 6. The van der Waals surface area contributed by atoms with Gasteiger partial charge in [-0.15, -0.1) is 0 Å². The highest BCUT2D eigenvalue weighted by molar-refractivity contribution is 5.95. The average Bonchev–Trinajstić information content (AvgIpc) is 2.77. The summed E-state index contributed by atoms with van der Waals surface area (Å²) < 4.78 is 5.00. The summed E-state index contributed by atoms with van der Waals surface area (Å²) in [7, 11) is 1.47. The molecule has 0 saturated carbocycles. The summed E-state index contributed by atoms with van der Waals surface area (Å²) in [5.41, 5.74) is 0. The van der Waals surface area contributed by atoms with Crippen LogP contribution in [0.4, 0.5) is 4.79 Å². The summed E-state index contributed by atoms with van der Waals surface area (Å²) in [6.45, 7) is -0.293. The van der Waals surface area contributed by atoms with Crippen LogP contribution in [0.1, 0.15) is 5.76 Å². The lowest BCUT2D eigenvalue weighted by Crippen LogP contribution is -2.44. The highest BCUT2D eigenvalue weighted by Gasteiger charge is 2.12. The maximum Gasteiger partial charge on any atom is 0.321 e. The number of furan rings is 1. The quantitative estimate of drug-likeness (QED) is 0.649. The molecule has 1 heterocycles. The van der Waals surface area contributed by atoms with Crippen molar-refractivity contribution in [2.75, 3.05) is 20.1 Å². The maximum atomic E-state index is 11.4. The van der Waals surface area contributed by atoms with Gasteiger partial charge in [0.25, 0.3) is 0 Å². The zero-order valence-corrected chi connectivity index (χ0v) is 10.4. The van der Waals surface area contributed by atoms with E-state index in [1.807, 2.05) is 0 Å². The third-order valence-corrected chi connectivity index (χ3v) is 2.07. The van der Waals surface area contributed by atoms with Crippen molar-refractivity contribution in [2.24, 2.45) is 0 Å². The molecule has 0 aliphatic carbocycles. The number of carboxylic acids is 1. The van der Waals surface area contributed by atoms with Gasteiger partial charge in [0, 0.05) is 0 Å². The van der Waals surface area contributed by atoms with Crippen LogP contribution in [-0.4, -0.2) is 48.1 Å². The minimum Gasteiger partial charge on any atom is -0.480 e. The van der Waals surface area contributed by atoms with Crippen LogP contribution in [0.5, 0.6) is 0 Å². The highest BCUT2D eigenvalue weighted by atomic mass is 16.4. The van der Waals surface area contributed by atoms with Crippen LogP contribution >= 0.6 is 0 Å². The molecular formula is C11H15N3O5. The summed E-state index contributed by atoms with van der Waals surface area (Å²) in [5, 5.41) is 13.0. The minimum atomic E-state index is -1.04. The standard InChI is InChI=1S/C11H15N3O5/c1-14(7-10(16)17)6-9(15)13-11(18)12-5-8-3-2-4-19-8/h2-4H,5-7H2,1H3,(H,16,17)(H2,12,13,15,18). The molecular weight excluding hydrogens is 254 g/mol. The molecule has 0 bridgehead atoms. The lowest BCUT2D eigenvalue weighted by Gasteiger charge is -2.13. The number of imide groups is 1. The second-order valence-corrected chi connectivity index (χ2v) is 3.88. The smallest absolute Gasteiger partial charge is 0.321 e.